The zero-order valence-corrected chi connectivity index (χ0v) is 16.2. The Morgan fingerprint density at radius 3 is 2.59 bits per heavy atom. The molecule has 0 saturated heterocycles. The minimum atomic E-state index is -3.54. The van der Waals surface area contributed by atoms with Crippen LogP contribution >= 0.6 is 11.3 Å². The Balaban J connectivity index is 2.20. The van der Waals surface area contributed by atoms with Crippen molar-refractivity contribution in [3.05, 3.63) is 51.9 Å². The van der Waals surface area contributed by atoms with Crippen LogP contribution in [-0.2, 0) is 21.1 Å². The fourth-order valence-electron chi connectivity index (χ4n) is 2.53. The predicted molar refractivity (Wildman–Crippen MR) is 103 cm³/mol. The molecule has 2 heterocycles. The third-order valence-electron chi connectivity index (χ3n) is 3.87. The molecule has 7 nitrogen and oxygen atoms in total. The summed E-state index contributed by atoms with van der Waals surface area (Å²) in [4.78, 5) is 31.6. The van der Waals surface area contributed by atoms with Crippen LogP contribution in [0.1, 0.15) is 17.7 Å². The molecule has 0 unspecified atom stereocenters. The topological polar surface area (TPSA) is 114 Å². The van der Waals surface area contributed by atoms with Gasteiger partial charge in [0.05, 0.1) is 16.7 Å². The normalized spacial score (nSPS) is 11.6. The van der Waals surface area contributed by atoms with E-state index in [1.165, 1.54) is 23.5 Å². The molecule has 2 aromatic heterocycles. The zero-order chi connectivity index (χ0) is 19.8. The maximum atomic E-state index is 12.3. The molecule has 0 spiro atoms. The molecular formula is C18H16N2O5S2. The third kappa shape index (κ3) is 4.37. The summed E-state index contributed by atoms with van der Waals surface area (Å²) in [6.07, 6.45) is 0.959. The molecule has 0 aliphatic carbocycles. The van der Waals surface area contributed by atoms with E-state index in [-0.39, 0.29) is 23.4 Å². The Hall–Kier alpha value is -2.65. The van der Waals surface area contributed by atoms with E-state index >= 15 is 0 Å². The first-order valence-electron chi connectivity index (χ1n) is 7.98. The molecule has 0 radical (unpaired) electrons. The number of benzene rings is 1. The number of sulfone groups is 1. The van der Waals surface area contributed by atoms with Gasteiger partial charge in [-0.2, -0.15) is 4.98 Å². The summed E-state index contributed by atoms with van der Waals surface area (Å²) in [7, 11) is -3.54. The second-order valence-electron chi connectivity index (χ2n) is 6.17. The maximum Gasteiger partial charge on any atom is 0.303 e. The van der Waals surface area contributed by atoms with Crippen molar-refractivity contribution in [2.45, 2.75) is 24.7 Å². The van der Waals surface area contributed by atoms with Crippen molar-refractivity contribution in [3.8, 4) is 10.7 Å². The first-order valence-corrected chi connectivity index (χ1v) is 10.7. The van der Waals surface area contributed by atoms with Gasteiger partial charge in [-0.3, -0.25) is 14.6 Å². The van der Waals surface area contributed by atoms with E-state index in [2.05, 4.69) is 9.97 Å². The second-order valence-corrected chi connectivity index (χ2v) is 9.22. The number of hydrogen-bond donors (Lipinski definition) is 1. The van der Waals surface area contributed by atoms with Crippen LogP contribution in [0.15, 0.2) is 40.0 Å². The molecule has 0 aliphatic heterocycles. The zero-order valence-electron chi connectivity index (χ0n) is 14.6. The van der Waals surface area contributed by atoms with Crippen molar-refractivity contribution < 1.29 is 18.3 Å². The number of pyridine rings is 1. The Labute approximate surface area is 159 Å². The lowest BCUT2D eigenvalue weighted by molar-refractivity contribution is -0.136. The van der Waals surface area contributed by atoms with E-state index in [1.807, 2.05) is 19.1 Å². The number of aliphatic carboxylic acids is 1. The summed E-state index contributed by atoms with van der Waals surface area (Å²) in [6.45, 7) is 1.91. The Morgan fingerprint density at radius 1 is 1.19 bits per heavy atom. The number of rotatable bonds is 5. The van der Waals surface area contributed by atoms with E-state index in [4.69, 9.17) is 5.11 Å². The van der Waals surface area contributed by atoms with Gasteiger partial charge in [0.15, 0.2) is 9.84 Å². The molecule has 1 aromatic carbocycles. The lowest BCUT2D eigenvalue weighted by Gasteiger charge is -2.08. The van der Waals surface area contributed by atoms with Gasteiger partial charge in [-0.05, 0) is 36.8 Å². The van der Waals surface area contributed by atoms with E-state index in [0.29, 0.717) is 16.1 Å². The smallest absolute Gasteiger partial charge is 0.303 e. The molecule has 1 N–H and O–H groups in total. The molecule has 0 amide bonds. The highest BCUT2D eigenvalue weighted by molar-refractivity contribution is 7.90. The van der Waals surface area contributed by atoms with Crippen LogP contribution in [-0.4, -0.2) is 35.7 Å². The largest absolute Gasteiger partial charge is 0.481 e. The van der Waals surface area contributed by atoms with Gasteiger partial charge in [0, 0.05) is 23.1 Å². The maximum absolute atomic E-state index is 12.3. The van der Waals surface area contributed by atoms with Crippen LogP contribution in [0.4, 0.5) is 0 Å². The average molecular weight is 404 g/mol. The predicted octanol–water partition coefficient (Wildman–Crippen LogP) is 2.45. The highest BCUT2D eigenvalue weighted by Crippen LogP contribution is 2.27. The molecule has 140 valence electrons. The van der Waals surface area contributed by atoms with Crippen LogP contribution < -0.4 is 5.56 Å². The van der Waals surface area contributed by atoms with Crippen LogP contribution in [0.25, 0.3) is 20.8 Å². The monoisotopic (exact) mass is 404 g/mol. The number of nitrogens with zero attached hydrogens (tertiary/aromatic N) is 2. The SMILES string of the molecule is Cc1ccc2c(=O)nc(-c3cc(S(C)(=O)=O)cc(CCC(=O)O)n3)sc2c1. The van der Waals surface area contributed by atoms with Crippen LogP contribution in [0.3, 0.4) is 0 Å². The number of hydrogen-bond acceptors (Lipinski definition) is 7. The summed E-state index contributed by atoms with van der Waals surface area (Å²) in [5, 5.41) is 9.65. The van der Waals surface area contributed by atoms with E-state index in [0.717, 1.165) is 16.5 Å². The summed E-state index contributed by atoms with van der Waals surface area (Å²) in [5.74, 6) is -1.01. The molecule has 0 atom stereocenters. The minimum absolute atomic E-state index is 0.0127. The van der Waals surface area contributed by atoms with E-state index in [9.17, 15) is 18.0 Å². The van der Waals surface area contributed by atoms with E-state index < -0.39 is 21.4 Å². The van der Waals surface area contributed by atoms with Crippen molar-refractivity contribution in [1.29, 1.82) is 0 Å². The van der Waals surface area contributed by atoms with Gasteiger partial charge in [-0.1, -0.05) is 6.07 Å². The number of fused-ring (bicyclic) bond motifs is 1. The lowest BCUT2D eigenvalue weighted by atomic mass is 10.2. The molecule has 3 aromatic rings. The number of aryl methyl sites for hydroxylation is 2. The molecule has 0 bridgehead atoms. The minimum Gasteiger partial charge on any atom is -0.481 e. The summed E-state index contributed by atoms with van der Waals surface area (Å²) >= 11 is 1.24. The molecule has 0 aliphatic rings. The van der Waals surface area contributed by atoms with Gasteiger partial charge in [0.1, 0.15) is 10.7 Å². The van der Waals surface area contributed by atoms with Crippen molar-refractivity contribution in [1.82, 2.24) is 9.97 Å². The summed E-state index contributed by atoms with van der Waals surface area (Å²) in [5.41, 5.74) is 1.12. The molecule has 0 fully saturated rings. The van der Waals surface area contributed by atoms with Gasteiger partial charge in [0.2, 0.25) is 0 Å². The van der Waals surface area contributed by atoms with Crippen molar-refractivity contribution in [2.75, 3.05) is 6.26 Å². The first kappa shape index (κ1) is 19.1. The lowest BCUT2D eigenvalue weighted by Crippen LogP contribution is -2.08. The van der Waals surface area contributed by atoms with Crippen LogP contribution in [0, 0.1) is 6.92 Å². The fraction of sp³-hybridized carbons (Fsp3) is 0.222. The molecule has 27 heavy (non-hydrogen) atoms. The summed E-state index contributed by atoms with van der Waals surface area (Å²) < 4.78 is 24.7. The number of carboxylic acid groups (broad SMARTS) is 1. The Bertz CT molecular complexity index is 1220. The quantitative estimate of drug-likeness (QED) is 0.694. The third-order valence-corrected chi connectivity index (χ3v) is 6.01. The van der Waals surface area contributed by atoms with Crippen LogP contribution in [0.2, 0.25) is 0 Å². The number of carbonyl (C=O) groups is 1. The van der Waals surface area contributed by atoms with Gasteiger partial charge in [-0.25, -0.2) is 8.42 Å². The van der Waals surface area contributed by atoms with Gasteiger partial charge >= 0.3 is 5.97 Å². The van der Waals surface area contributed by atoms with Gasteiger partial charge < -0.3 is 5.11 Å². The molecule has 3 rings (SSSR count). The van der Waals surface area contributed by atoms with Crippen molar-refractivity contribution >= 4 is 37.2 Å². The standard InChI is InChI=1S/C18H16N2O5S2/c1-10-3-5-13-15(7-10)26-18(20-17(13)23)14-9-12(27(2,24)25)8-11(19-14)4-6-16(21)22/h3,5,7-9H,4,6H2,1-2H3,(H,21,22). The van der Waals surface area contributed by atoms with Gasteiger partial charge in [-0.15, -0.1) is 11.3 Å². The average Bonchev–Trinajstić information content (AvgIpc) is 2.58. The van der Waals surface area contributed by atoms with Gasteiger partial charge in [0.25, 0.3) is 5.56 Å². The first-order chi connectivity index (χ1) is 12.6. The highest BCUT2D eigenvalue weighted by Gasteiger charge is 2.16. The Morgan fingerprint density at radius 2 is 1.93 bits per heavy atom. The molecule has 0 saturated carbocycles. The van der Waals surface area contributed by atoms with Crippen molar-refractivity contribution in [3.63, 3.8) is 0 Å². The fourth-order valence-corrected chi connectivity index (χ4v) is 4.26. The number of aromatic nitrogens is 2. The van der Waals surface area contributed by atoms with E-state index in [1.54, 1.807) is 6.07 Å². The second kappa shape index (κ2) is 7.16. The van der Waals surface area contributed by atoms with Crippen molar-refractivity contribution in [2.24, 2.45) is 0 Å². The summed E-state index contributed by atoms with van der Waals surface area (Å²) in [6, 6.07) is 8.11. The highest BCUT2D eigenvalue weighted by atomic mass is 32.2. The number of carboxylic acids is 1. The molecule has 9 heteroatoms. The van der Waals surface area contributed by atoms with Crippen LogP contribution in [0.5, 0.6) is 0 Å². The Kier molecular flexibility index (Phi) is 5.07. The molecular weight excluding hydrogens is 388 g/mol.